The maximum atomic E-state index is 12.5. The number of rotatable bonds is 10. The molecular weight excluding hydrogens is 344 g/mol. The summed E-state index contributed by atoms with van der Waals surface area (Å²) in [4.78, 5) is 14.6. The third kappa shape index (κ3) is 6.18. The Hall–Kier alpha value is -2.73. The van der Waals surface area contributed by atoms with Crippen molar-refractivity contribution >= 4 is 5.91 Å². The molecule has 2 aromatic carbocycles. The van der Waals surface area contributed by atoms with Crippen LogP contribution in [0.1, 0.15) is 15.9 Å². The molecule has 0 saturated carbocycles. The number of ether oxygens (including phenoxy) is 3. The number of methoxy groups -OCH3 is 2. The number of carbonyl (C=O) groups is 1. The molecule has 0 aromatic heterocycles. The first-order valence-corrected chi connectivity index (χ1v) is 8.90. The van der Waals surface area contributed by atoms with Crippen molar-refractivity contribution in [2.75, 3.05) is 48.0 Å². The zero-order valence-corrected chi connectivity index (χ0v) is 16.5. The molecule has 2 aromatic rings. The number of hydrogen-bond donors (Lipinski definition) is 1. The van der Waals surface area contributed by atoms with Gasteiger partial charge >= 0.3 is 0 Å². The van der Waals surface area contributed by atoms with Crippen molar-refractivity contribution in [3.05, 3.63) is 53.6 Å². The zero-order valence-electron chi connectivity index (χ0n) is 16.5. The number of benzene rings is 2. The Balaban J connectivity index is 1.92. The topological polar surface area (TPSA) is 60.0 Å². The molecule has 0 aliphatic rings. The van der Waals surface area contributed by atoms with Crippen molar-refractivity contribution < 1.29 is 19.0 Å². The highest BCUT2D eigenvalue weighted by Gasteiger charge is 2.12. The van der Waals surface area contributed by atoms with E-state index in [0.717, 1.165) is 12.1 Å². The van der Waals surface area contributed by atoms with E-state index in [0.29, 0.717) is 42.4 Å². The summed E-state index contributed by atoms with van der Waals surface area (Å²) in [7, 11) is 7.18. The highest BCUT2D eigenvalue weighted by Crippen LogP contribution is 2.27. The van der Waals surface area contributed by atoms with Gasteiger partial charge in [-0.1, -0.05) is 18.2 Å². The van der Waals surface area contributed by atoms with Crippen LogP contribution in [-0.2, 0) is 6.42 Å². The van der Waals surface area contributed by atoms with E-state index in [9.17, 15) is 4.79 Å². The number of amides is 1. The van der Waals surface area contributed by atoms with E-state index in [4.69, 9.17) is 14.2 Å². The van der Waals surface area contributed by atoms with Crippen LogP contribution in [0, 0.1) is 0 Å². The second-order valence-electron chi connectivity index (χ2n) is 6.34. The van der Waals surface area contributed by atoms with Gasteiger partial charge in [-0.2, -0.15) is 0 Å². The standard InChI is InChI=1S/C21H28N2O4/c1-23(2)13-14-27-18-8-6-5-7-17(18)21(24)22-12-11-16-9-10-19(25-3)20(15-16)26-4/h5-10,15H,11-14H2,1-4H3,(H,22,24). The molecular formula is C21H28N2O4. The summed E-state index contributed by atoms with van der Waals surface area (Å²) >= 11 is 0. The van der Waals surface area contributed by atoms with Gasteiger partial charge in [0.05, 0.1) is 19.8 Å². The largest absolute Gasteiger partial charge is 0.493 e. The van der Waals surface area contributed by atoms with Crippen LogP contribution >= 0.6 is 0 Å². The smallest absolute Gasteiger partial charge is 0.255 e. The van der Waals surface area contributed by atoms with E-state index in [1.807, 2.05) is 55.4 Å². The summed E-state index contributed by atoms with van der Waals surface area (Å²) in [6.07, 6.45) is 0.690. The lowest BCUT2D eigenvalue weighted by Gasteiger charge is -2.14. The van der Waals surface area contributed by atoms with Crippen LogP contribution in [-0.4, -0.2) is 58.8 Å². The normalized spacial score (nSPS) is 10.6. The highest BCUT2D eigenvalue weighted by molar-refractivity contribution is 5.96. The minimum atomic E-state index is -0.143. The van der Waals surface area contributed by atoms with Crippen LogP contribution in [0.4, 0.5) is 0 Å². The average molecular weight is 372 g/mol. The summed E-state index contributed by atoms with van der Waals surface area (Å²) in [5, 5.41) is 2.95. The van der Waals surface area contributed by atoms with Gasteiger partial charge in [0.1, 0.15) is 12.4 Å². The summed E-state index contributed by atoms with van der Waals surface area (Å²) in [6.45, 7) is 1.83. The molecule has 1 N–H and O–H groups in total. The lowest BCUT2D eigenvalue weighted by molar-refractivity contribution is 0.0949. The molecule has 0 atom stereocenters. The van der Waals surface area contributed by atoms with Crippen LogP contribution in [0.2, 0.25) is 0 Å². The summed E-state index contributed by atoms with van der Waals surface area (Å²) in [5.74, 6) is 1.83. The lowest BCUT2D eigenvalue weighted by Crippen LogP contribution is -2.26. The van der Waals surface area contributed by atoms with Gasteiger partial charge in [0.15, 0.2) is 11.5 Å². The van der Waals surface area contributed by atoms with Gasteiger partial charge in [0.25, 0.3) is 5.91 Å². The second-order valence-corrected chi connectivity index (χ2v) is 6.34. The molecule has 0 heterocycles. The van der Waals surface area contributed by atoms with Gasteiger partial charge in [-0.25, -0.2) is 0 Å². The number of nitrogens with one attached hydrogen (secondary N) is 1. The number of carbonyl (C=O) groups excluding carboxylic acids is 1. The minimum Gasteiger partial charge on any atom is -0.493 e. The molecule has 0 saturated heterocycles. The fourth-order valence-corrected chi connectivity index (χ4v) is 2.57. The fraction of sp³-hybridized carbons (Fsp3) is 0.381. The molecule has 1 amide bonds. The first kappa shape index (κ1) is 20.6. The van der Waals surface area contributed by atoms with Gasteiger partial charge in [0, 0.05) is 13.1 Å². The molecule has 0 spiro atoms. The Bertz CT molecular complexity index is 747. The second kappa shape index (κ2) is 10.4. The number of nitrogens with zero attached hydrogens (tertiary/aromatic N) is 1. The van der Waals surface area contributed by atoms with Gasteiger partial charge in [-0.05, 0) is 50.3 Å². The van der Waals surface area contributed by atoms with E-state index >= 15 is 0 Å². The van der Waals surface area contributed by atoms with Gasteiger partial charge in [-0.3, -0.25) is 4.79 Å². The molecule has 2 rings (SSSR count). The van der Waals surface area contributed by atoms with Crippen molar-refractivity contribution in [1.29, 1.82) is 0 Å². The Morgan fingerprint density at radius 1 is 1.00 bits per heavy atom. The van der Waals surface area contributed by atoms with E-state index in [-0.39, 0.29) is 5.91 Å². The van der Waals surface area contributed by atoms with Crippen LogP contribution in [0.5, 0.6) is 17.2 Å². The van der Waals surface area contributed by atoms with Crippen molar-refractivity contribution in [2.24, 2.45) is 0 Å². The predicted molar refractivity (Wildman–Crippen MR) is 106 cm³/mol. The quantitative estimate of drug-likeness (QED) is 0.695. The zero-order chi connectivity index (χ0) is 19.6. The summed E-state index contributed by atoms with van der Waals surface area (Å²) in [6, 6.07) is 13.0. The van der Waals surface area contributed by atoms with E-state index in [1.165, 1.54) is 0 Å². The SMILES string of the molecule is COc1ccc(CCNC(=O)c2ccccc2OCCN(C)C)cc1OC. The highest BCUT2D eigenvalue weighted by atomic mass is 16.5. The maximum Gasteiger partial charge on any atom is 0.255 e. The monoisotopic (exact) mass is 372 g/mol. The molecule has 0 radical (unpaired) electrons. The van der Waals surface area contributed by atoms with E-state index < -0.39 is 0 Å². The van der Waals surface area contributed by atoms with Gasteiger partial charge in [-0.15, -0.1) is 0 Å². The maximum absolute atomic E-state index is 12.5. The first-order chi connectivity index (χ1) is 13.0. The third-order valence-electron chi connectivity index (χ3n) is 4.07. The number of para-hydroxylation sites is 1. The molecule has 0 aliphatic carbocycles. The molecule has 0 bridgehead atoms. The minimum absolute atomic E-state index is 0.143. The van der Waals surface area contributed by atoms with Crippen LogP contribution < -0.4 is 19.5 Å². The first-order valence-electron chi connectivity index (χ1n) is 8.90. The predicted octanol–water partition coefficient (Wildman–Crippen LogP) is 2.62. The Morgan fingerprint density at radius 3 is 2.44 bits per heavy atom. The molecule has 0 unspecified atom stereocenters. The van der Waals surface area contributed by atoms with Crippen LogP contribution in [0.15, 0.2) is 42.5 Å². The van der Waals surface area contributed by atoms with E-state index in [2.05, 4.69) is 5.32 Å². The van der Waals surface area contributed by atoms with Gasteiger partial charge < -0.3 is 24.4 Å². The van der Waals surface area contributed by atoms with Crippen molar-refractivity contribution in [3.63, 3.8) is 0 Å². The molecule has 6 heteroatoms. The number of hydrogen-bond acceptors (Lipinski definition) is 5. The van der Waals surface area contributed by atoms with Crippen molar-refractivity contribution in [1.82, 2.24) is 10.2 Å². The molecule has 0 aliphatic heterocycles. The molecule has 27 heavy (non-hydrogen) atoms. The average Bonchev–Trinajstić information content (AvgIpc) is 2.67. The van der Waals surface area contributed by atoms with Crippen LogP contribution in [0.25, 0.3) is 0 Å². The Kier molecular flexibility index (Phi) is 7.95. The summed E-state index contributed by atoms with van der Waals surface area (Å²) in [5.41, 5.74) is 1.60. The third-order valence-corrected chi connectivity index (χ3v) is 4.07. The van der Waals surface area contributed by atoms with E-state index in [1.54, 1.807) is 20.3 Å². The molecule has 6 nitrogen and oxygen atoms in total. The fourth-order valence-electron chi connectivity index (χ4n) is 2.57. The van der Waals surface area contributed by atoms with Crippen LogP contribution in [0.3, 0.4) is 0 Å². The van der Waals surface area contributed by atoms with Crippen molar-refractivity contribution in [3.8, 4) is 17.2 Å². The number of likely N-dealkylation sites (N-methyl/N-ethyl adjacent to an activating group) is 1. The Labute approximate surface area is 161 Å². The lowest BCUT2D eigenvalue weighted by atomic mass is 10.1. The molecule has 146 valence electrons. The summed E-state index contributed by atoms with van der Waals surface area (Å²) < 4.78 is 16.3. The van der Waals surface area contributed by atoms with Crippen molar-refractivity contribution in [2.45, 2.75) is 6.42 Å². The van der Waals surface area contributed by atoms with Gasteiger partial charge in [0.2, 0.25) is 0 Å². The molecule has 0 fully saturated rings. The Morgan fingerprint density at radius 2 is 1.74 bits per heavy atom.